The van der Waals surface area contributed by atoms with Gasteiger partial charge >= 0.3 is 5.97 Å². The molecule has 0 aliphatic heterocycles. The monoisotopic (exact) mass is 408 g/mol. The lowest BCUT2D eigenvalue weighted by Gasteiger charge is -2.05. The van der Waals surface area contributed by atoms with Gasteiger partial charge in [-0.05, 0) is 25.7 Å². The summed E-state index contributed by atoms with van der Waals surface area (Å²) >= 11 is 0. The molecule has 0 radical (unpaired) electrons. The predicted octanol–water partition coefficient (Wildman–Crippen LogP) is 9.32. The first-order chi connectivity index (χ1) is 14.3. The Morgan fingerprint density at radius 3 is 1.52 bits per heavy atom. The Kier molecular flexibility index (Phi) is 24.6. The lowest BCUT2D eigenvalue weighted by molar-refractivity contribution is -0.143. The predicted molar refractivity (Wildman–Crippen MR) is 128 cm³/mol. The lowest BCUT2D eigenvalue weighted by Crippen LogP contribution is -2.05. The summed E-state index contributed by atoms with van der Waals surface area (Å²) in [4.78, 5) is 11.7. The highest BCUT2D eigenvalue weighted by molar-refractivity contribution is 5.69. The SMILES string of the molecule is C=CCCCCCCCCC(=O)OCCCCCCCCCCCCCCCC. The molecule has 0 N–H and O–H groups in total. The third-order valence-corrected chi connectivity index (χ3v) is 5.80. The van der Waals surface area contributed by atoms with Crippen molar-refractivity contribution in [3.05, 3.63) is 12.7 Å². The van der Waals surface area contributed by atoms with Gasteiger partial charge in [0, 0.05) is 6.42 Å². The van der Waals surface area contributed by atoms with Crippen LogP contribution in [-0.2, 0) is 9.53 Å². The first-order valence-electron chi connectivity index (χ1n) is 13.1. The van der Waals surface area contributed by atoms with Crippen LogP contribution in [0.4, 0.5) is 0 Å². The van der Waals surface area contributed by atoms with Crippen LogP contribution in [0.15, 0.2) is 12.7 Å². The van der Waals surface area contributed by atoms with E-state index in [2.05, 4.69) is 13.5 Å². The maximum absolute atomic E-state index is 11.7. The number of ether oxygens (including phenoxy) is 1. The second-order valence-corrected chi connectivity index (χ2v) is 8.77. The molecule has 0 unspecified atom stereocenters. The summed E-state index contributed by atoms with van der Waals surface area (Å²) in [6.07, 6.45) is 29.9. The topological polar surface area (TPSA) is 26.3 Å². The van der Waals surface area contributed by atoms with E-state index >= 15 is 0 Å². The number of rotatable bonds is 24. The third kappa shape index (κ3) is 25.2. The van der Waals surface area contributed by atoms with Gasteiger partial charge in [0.1, 0.15) is 0 Å². The minimum Gasteiger partial charge on any atom is -0.466 e. The van der Waals surface area contributed by atoms with Gasteiger partial charge in [-0.1, -0.05) is 122 Å². The molecule has 0 fully saturated rings. The molecule has 0 saturated heterocycles. The summed E-state index contributed by atoms with van der Waals surface area (Å²) in [5.74, 6) is 0.00588. The summed E-state index contributed by atoms with van der Waals surface area (Å²) in [6, 6.07) is 0. The van der Waals surface area contributed by atoms with Gasteiger partial charge in [-0.3, -0.25) is 4.79 Å². The zero-order valence-corrected chi connectivity index (χ0v) is 19.9. The molecule has 2 nitrogen and oxygen atoms in total. The van der Waals surface area contributed by atoms with Gasteiger partial charge < -0.3 is 4.74 Å². The van der Waals surface area contributed by atoms with Crippen molar-refractivity contribution in [1.29, 1.82) is 0 Å². The minimum atomic E-state index is 0.00588. The molecule has 0 atom stereocenters. The molecule has 0 aromatic heterocycles. The second-order valence-electron chi connectivity index (χ2n) is 8.77. The van der Waals surface area contributed by atoms with Crippen molar-refractivity contribution in [3.63, 3.8) is 0 Å². The summed E-state index contributed by atoms with van der Waals surface area (Å²) < 4.78 is 5.36. The van der Waals surface area contributed by atoms with Gasteiger partial charge in [-0.25, -0.2) is 0 Å². The standard InChI is InChI=1S/C27H52O2/c1-3-5-7-9-11-13-14-15-16-17-18-20-22-24-26-29-27(28)25-23-21-19-12-10-8-6-4-2/h4H,2-3,5-26H2,1H3. The molecule has 2 heteroatoms. The molecular weight excluding hydrogens is 356 g/mol. The zero-order valence-electron chi connectivity index (χ0n) is 19.9. The van der Waals surface area contributed by atoms with Crippen molar-refractivity contribution in [2.24, 2.45) is 0 Å². The molecule has 0 bridgehead atoms. The maximum Gasteiger partial charge on any atom is 0.305 e. The van der Waals surface area contributed by atoms with E-state index < -0.39 is 0 Å². The molecule has 29 heavy (non-hydrogen) atoms. The number of hydrogen-bond acceptors (Lipinski definition) is 2. The van der Waals surface area contributed by atoms with E-state index in [0.29, 0.717) is 13.0 Å². The van der Waals surface area contributed by atoms with Crippen molar-refractivity contribution >= 4 is 5.97 Å². The highest BCUT2D eigenvalue weighted by Crippen LogP contribution is 2.13. The summed E-state index contributed by atoms with van der Waals surface area (Å²) in [5, 5.41) is 0. The largest absolute Gasteiger partial charge is 0.466 e. The zero-order chi connectivity index (χ0) is 21.3. The number of carbonyl (C=O) groups excluding carboxylic acids is 1. The van der Waals surface area contributed by atoms with Gasteiger partial charge in [0.15, 0.2) is 0 Å². The first kappa shape index (κ1) is 28.2. The fourth-order valence-corrected chi connectivity index (χ4v) is 3.82. The summed E-state index contributed by atoms with van der Waals surface area (Å²) in [5.41, 5.74) is 0. The molecule has 0 aliphatic rings. The van der Waals surface area contributed by atoms with Crippen LogP contribution in [0.2, 0.25) is 0 Å². The molecular formula is C27H52O2. The molecule has 0 saturated carbocycles. The van der Waals surface area contributed by atoms with Crippen LogP contribution in [0.25, 0.3) is 0 Å². The normalized spacial score (nSPS) is 10.9. The van der Waals surface area contributed by atoms with Crippen molar-refractivity contribution in [1.82, 2.24) is 0 Å². The van der Waals surface area contributed by atoms with E-state index in [-0.39, 0.29) is 5.97 Å². The van der Waals surface area contributed by atoms with Crippen molar-refractivity contribution < 1.29 is 9.53 Å². The van der Waals surface area contributed by atoms with Crippen molar-refractivity contribution in [2.75, 3.05) is 6.61 Å². The Labute approximate surface area is 183 Å². The Hall–Kier alpha value is -0.790. The van der Waals surface area contributed by atoms with E-state index in [1.165, 1.54) is 109 Å². The molecule has 0 rings (SSSR count). The molecule has 0 amide bonds. The van der Waals surface area contributed by atoms with E-state index in [4.69, 9.17) is 4.74 Å². The maximum atomic E-state index is 11.7. The van der Waals surface area contributed by atoms with Gasteiger partial charge in [0.25, 0.3) is 0 Å². The number of unbranched alkanes of at least 4 members (excludes halogenated alkanes) is 19. The molecule has 0 aromatic carbocycles. The summed E-state index contributed by atoms with van der Waals surface area (Å²) in [6.45, 7) is 6.65. The Morgan fingerprint density at radius 2 is 1.03 bits per heavy atom. The van der Waals surface area contributed by atoms with Crippen LogP contribution in [0.1, 0.15) is 148 Å². The Bertz CT molecular complexity index is 337. The number of esters is 1. The van der Waals surface area contributed by atoms with Crippen LogP contribution in [0.3, 0.4) is 0 Å². The van der Waals surface area contributed by atoms with Crippen LogP contribution in [0, 0.1) is 0 Å². The van der Waals surface area contributed by atoms with Crippen molar-refractivity contribution in [2.45, 2.75) is 148 Å². The number of carbonyl (C=O) groups is 1. The highest BCUT2D eigenvalue weighted by atomic mass is 16.5. The van der Waals surface area contributed by atoms with E-state index in [9.17, 15) is 4.79 Å². The van der Waals surface area contributed by atoms with Crippen LogP contribution < -0.4 is 0 Å². The van der Waals surface area contributed by atoms with E-state index in [1.807, 2.05) is 6.08 Å². The van der Waals surface area contributed by atoms with E-state index in [1.54, 1.807) is 0 Å². The van der Waals surface area contributed by atoms with Gasteiger partial charge in [-0.15, -0.1) is 6.58 Å². The van der Waals surface area contributed by atoms with Gasteiger partial charge in [-0.2, -0.15) is 0 Å². The highest BCUT2D eigenvalue weighted by Gasteiger charge is 2.02. The second kappa shape index (κ2) is 25.2. The summed E-state index contributed by atoms with van der Waals surface area (Å²) in [7, 11) is 0. The molecule has 0 aliphatic carbocycles. The Morgan fingerprint density at radius 1 is 0.621 bits per heavy atom. The first-order valence-corrected chi connectivity index (χ1v) is 13.1. The third-order valence-electron chi connectivity index (χ3n) is 5.80. The molecule has 0 spiro atoms. The molecule has 0 aromatic rings. The van der Waals surface area contributed by atoms with Crippen LogP contribution >= 0.6 is 0 Å². The smallest absolute Gasteiger partial charge is 0.305 e. The number of allylic oxidation sites excluding steroid dienone is 1. The minimum absolute atomic E-state index is 0.00588. The lowest BCUT2D eigenvalue weighted by atomic mass is 10.0. The van der Waals surface area contributed by atoms with Gasteiger partial charge in [0.2, 0.25) is 0 Å². The fourth-order valence-electron chi connectivity index (χ4n) is 3.82. The number of hydrogen-bond donors (Lipinski definition) is 0. The quantitative estimate of drug-likeness (QED) is 0.0903. The average Bonchev–Trinajstić information content (AvgIpc) is 2.72. The molecule has 172 valence electrons. The Balaban J connectivity index is 3.13. The van der Waals surface area contributed by atoms with Crippen molar-refractivity contribution in [3.8, 4) is 0 Å². The molecule has 0 heterocycles. The van der Waals surface area contributed by atoms with Gasteiger partial charge in [0.05, 0.1) is 6.61 Å². The van der Waals surface area contributed by atoms with Crippen LogP contribution in [-0.4, -0.2) is 12.6 Å². The van der Waals surface area contributed by atoms with E-state index in [0.717, 1.165) is 25.7 Å². The fraction of sp³-hybridized carbons (Fsp3) is 0.889. The average molecular weight is 409 g/mol. The van der Waals surface area contributed by atoms with Crippen LogP contribution in [0.5, 0.6) is 0 Å².